The third kappa shape index (κ3) is 4.82. The molecular formula is C23H27ClN4O3. The smallest absolute Gasteiger partial charge is 0.325 e. The van der Waals surface area contributed by atoms with Crippen LogP contribution in [0.4, 0.5) is 16.2 Å². The van der Waals surface area contributed by atoms with E-state index in [1.54, 1.807) is 18.2 Å². The lowest BCUT2D eigenvalue weighted by Crippen LogP contribution is -2.47. The molecule has 0 unspecified atom stereocenters. The Morgan fingerprint density at radius 3 is 2.16 bits per heavy atom. The van der Waals surface area contributed by atoms with E-state index in [-0.39, 0.29) is 28.4 Å². The number of aryl methyl sites for hydroxylation is 2. The number of urea groups is 1. The van der Waals surface area contributed by atoms with E-state index in [9.17, 15) is 14.4 Å². The summed E-state index contributed by atoms with van der Waals surface area (Å²) in [4.78, 5) is 37.7. The summed E-state index contributed by atoms with van der Waals surface area (Å²) < 4.78 is 0. The van der Waals surface area contributed by atoms with Crippen molar-refractivity contribution in [1.29, 1.82) is 0 Å². The number of para-hydroxylation sites is 1. The Labute approximate surface area is 187 Å². The zero-order chi connectivity index (χ0) is 22.5. The van der Waals surface area contributed by atoms with Gasteiger partial charge in [-0.15, -0.1) is 0 Å². The van der Waals surface area contributed by atoms with Gasteiger partial charge in [-0.2, -0.15) is 0 Å². The number of nitrogens with one attached hydrogen (secondary N) is 2. The SMILES string of the molecule is CCc1cccc(CC)c1NC(=O)N1CCCN1C(=O)c1cccc(NC(C)=O)c1Cl. The number of halogens is 1. The lowest BCUT2D eigenvalue weighted by molar-refractivity contribution is -0.114. The Balaban J connectivity index is 1.84. The highest BCUT2D eigenvalue weighted by molar-refractivity contribution is 6.36. The molecule has 2 aromatic rings. The number of anilines is 2. The summed E-state index contributed by atoms with van der Waals surface area (Å²) in [5.41, 5.74) is 3.50. The molecule has 0 aromatic heterocycles. The zero-order valence-electron chi connectivity index (χ0n) is 18.0. The maximum Gasteiger partial charge on any atom is 0.340 e. The van der Waals surface area contributed by atoms with E-state index in [4.69, 9.17) is 11.6 Å². The number of rotatable bonds is 5. The van der Waals surface area contributed by atoms with Crippen molar-refractivity contribution in [1.82, 2.24) is 10.0 Å². The van der Waals surface area contributed by atoms with E-state index in [0.29, 0.717) is 25.2 Å². The van der Waals surface area contributed by atoms with Gasteiger partial charge in [0.1, 0.15) is 0 Å². The van der Waals surface area contributed by atoms with Crippen molar-refractivity contribution in [3.8, 4) is 0 Å². The normalized spacial score (nSPS) is 13.3. The Hall–Kier alpha value is -3.06. The van der Waals surface area contributed by atoms with Crippen molar-refractivity contribution in [2.75, 3.05) is 23.7 Å². The van der Waals surface area contributed by atoms with Gasteiger partial charge in [0.05, 0.1) is 16.3 Å². The summed E-state index contributed by atoms with van der Waals surface area (Å²) in [6, 6.07) is 10.5. The van der Waals surface area contributed by atoms with E-state index < -0.39 is 0 Å². The molecule has 0 radical (unpaired) electrons. The summed E-state index contributed by atoms with van der Waals surface area (Å²) >= 11 is 6.38. The number of nitrogens with zero attached hydrogens (tertiary/aromatic N) is 2. The van der Waals surface area contributed by atoms with Gasteiger partial charge in [-0.1, -0.05) is 49.7 Å². The lowest BCUT2D eigenvalue weighted by atomic mass is 10.0. The van der Waals surface area contributed by atoms with E-state index in [0.717, 1.165) is 29.7 Å². The minimum atomic E-state index is -0.385. The van der Waals surface area contributed by atoms with Gasteiger partial charge in [0.25, 0.3) is 5.91 Å². The van der Waals surface area contributed by atoms with Gasteiger partial charge < -0.3 is 10.6 Å². The topological polar surface area (TPSA) is 81.8 Å². The Kier molecular flexibility index (Phi) is 7.17. The van der Waals surface area contributed by atoms with Crippen LogP contribution in [0, 0.1) is 0 Å². The Morgan fingerprint density at radius 2 is 1.55 bits per heavy atom. The molecule has 164 valence electrons. The third-order valence-electron chi connectivity index (χ3n) is 5.27. The van der Waals surface area contributed by atoms with Crippen LogP contribution in [0.1, 0.15) is 48.7 Å². The van der Waals surface area contributed by atoms with Crippen molar-refractivity contribution in [2.24, 2.45) is 0 Å². The summed E-state index contributed by atoms with van der Waals surface area (Å²) in [6.07, 6.45) is 2.24. The zero-order valence-corrected chi connectivity index (χ0v) is 18.8. The molecule has 2 aromatic carbocycles. The number of hydrogen-bond acceptors (Lipinski definition) is 3. The highest BCUT2D eigenvalue weighted by Crippen LogP contribution is 2.29. The second kappa shape index (κ2) is 9.83. The fourth-order valence-corrected chi connectivity index (χ4v) is 3.99. The van der Waals surface area contributed by atoms with E-state index in [2.05, 4.69) is 10.6 Å². The molecule has 3 rings (SSSR count). The molecule has 1 saturated heterocycles. The van der Waals surface area contributed by atoms with Crippen molar-refractivity contribution in [2.45, 2.75) is 40.0 Å². The molecule has 2 N–H and O–H groups in total. The molecule has 31 heavy (non-hydrogen) atoms. The van der Waals surface area contributed by atoms with Crippen LogP contribution in [0.2, 0.25) is 5.02 Å². The van der Waals surface area contributed by atoms with Crippen LogP contribution < -0.4 is 10.6 Å². The van der Waals surface area contributed by atoms with Crippen molar-refractivity contribution < 1.29 is 14.4 Å². The summed E-state index contributed by atoms with van der Waals surface area (Å²) in [5, 5.41) is 8.62. The number of benzene rings is 2. The highest BCUT2D eigenvalue weighted by Gasteiger charge is 2.33. The Morgan fingerprint density at radius 1 is 0.935 bits per heavy atom. The maximum absolute atomic E-state index is 13.2. The average Bonchev–Trinajstić information content (AvgIpc) is 3.24. The molecule has 1 fully saturated rings. The fourth-order valence-electron chi connectivity index (χ4n) is 3.73. The fraction of sp³-hybridized carbons (Fsp3) is 0.348. The van der Waals surface area contributed by atoms with Gasteiger partial charge in [0.2, 0.25) is 5.91 Å². The molecule has 7 nitrogen and oxygen atoms in total. The molecule has 1 aliphatic heterocycles. The molecule has 0 spiro atoms. The van der Waals surface area contributed by atoms with Gasteiger partial charge in [-0.05, 0) is 42.5 Å². The first kappa shape index (κ1) is 22.6. The van der Waals surface area contributed by atoms with Crippen LogP contribution >= 0.6 is 11.6 Å². The summed E-state index contributed by atoms with van der Waals surface area (Å²) in [6.45, 7) is 6.29. The quantitative estimate of drug-likeness (QED) is 0.703. The van der Waals surface area contributed by atoms with E-state index in [1.807, 2.05) is 32.0 Å². The predicted molar refractivity (Wildman–Crippen MR) is 122 cm³/mol. The molecule has 1 aliphatic rings. The second-order valence-electron chi connectivity index (χ2n) is 7.34. The maximum atomic E-state index is 13.2. The van der Waals surface area contributed by atoms with Gasteiger partial charge in [-0.3, -0.25) is 9.59 Å². The van der Waals surface area contributed by atoms with Gasteiger partial charge in [-0.25, -0.2) is 14.8 Å². The first-order chi connectivity index (χ1) is 14.9. The van der Waals surface area contributed by atoms with Crippen LogP contribution in [-0.4, -0.2) is 41.0 Å². The van der Waals surface area contributed by atoms with Crippen LogP contribution in [0.25, 0.3) is 0 Å². The first-order valence-electron chi connectivity index (χ1n) is 10.4. The monoisotopic (exact) mass is 442 g/mol. The van der Waals surface area contributed by atoms with Gasteiger partial charge in [0.15, 0.2) is 0 Å². The minimum absolute atomic E-state index is 0.152. The number of carbonyl (C=O) groups excluding carboxylic acids is 3. The molecule has 4 amide bonds. The minimum Gasteiger partial charge on any atom is -0.325 e. The average molecular weight is 443 g/mol. The van der Waals surface area contributed by atoms with E-state index >= 15 is 0 Å². The van der Waals surface area contributed by atoms with Crippen molar-refractivity contribution >= 4 is 40.8 Å². The van der Waals surface area contributed by atoms with Crippen LogP contribution in [0.15, 0.2) is 36.4 Å². The van der Waals surface area contributed by atoms with Crippen molar-refractivity contribution in [3.63, 3.8) is 0 Å². The van der Waals surface area contributed by atoms with Crippen LogP contribution in [-0.2, 0) is 17.6 Å². The number of amides is 4. The highest BCUT2D eigenvalue weighted by atomic mass is 35.5. The molecule has 8 heteroatoms. The van der Waals surface area contributed by atoms with Crippen LogP contribution in [0.3, 0.4) is 0 Å². The molecule has 0 saturated carbocycles. The van der Waals surface area contributed by atoms with E-state index in [1.165, 1.54) is 16.9 Å². The van der Waals surface area contributed by atoms with Gasteiger partial charge in [0, 0.05) is 25.7 Å². The number of hydrazine groups is 1. The molecule has 0 bridgehead atoms. The van der Waals surface area contributed by atoms with Gasteiger partial charge >= 0.3 is 6.03 Å². The molecular weight excluding hydrogens is 416 g/mol. The number of carbonyl (C=O) groups is 3. The lowest BCUT2D eigenvalue weighted by Gasteiger charge is -2.29. The first-order valence-corrected chi connectivity index (χ1v) is 10.8. The molecule has 1 heterocycles. The largest absolute Gasteiger partial charge is 0.340 e. The standard InChI is InChI=1S/C23H27ClN4O3/c1-4-16-9-6-10-17(5-2)21(16)26-23(31)28-14-8-13-27(28)22(30)18-11-7-12-19(20(18)24)25-15(3)29/h6-7,9-12H,4-5,8,13-14H2,1-3H3,(H,25,29)(H,26,31). The van der Waals surface area contributed by atoms with Crippen LogP contribution in [0.5, 0.6) is 0 Å². The molecule has 0 aliphatic carbocycles. The summed E-state index contributed by atoms with van der Waals surface area (Å²) in [7, 11) is 0. The predicted octanol–water partition coefficient (Wildman–Crippen LogP) is 4.72. The molecule has 0 atom stereocenters. The third-order valence-corrected chi connectivity index (χ3v) is 5.68. The Bertz CT molecular complexity index is 986. The second-order valence-corrected chi connectivity index (χ2v) is 7.72. The van der Waals surface area contributed by atoms with Crippen molar-refractivity contribution in [3.05, 3.63) is 58.1 Å². The number of hydrogen-bond donors (Lipinski definition) is 2. The summed E-state index contributed by atoms with van der Waals surface area (Å²) in [5.74, 6) is -0.667.